The molecule has 0 aromatic heterocycles. The van der Waals surface area contributed by atoms with Crippen LogP contribution in [0, 0.1) is 5.92 Å². The van der Waals surface area contributed by atoms with Gasteiger partial charge in [-0.05, 0) is 31.8 Å². The first-order valence-corrected chi connectivity index (χ1v) is 8.13. The Labute approximate surface area is 138 Å². The smallest absolute Gasteiger partial charge is 0.306 e. The number of methoxy groups -OCH3 is 1. The minimum absolute atomic E-state index is 0.0601. The van der Waals surface area contributed by atoms with Gasteiger partial charge in [0.15, 0.2) is 0 Å². The maximum absolute atomic E-state index is 11.6. The highest BCUT2D eigenvalue weighted by atomic mass is 16.6. The van der Waals surface area contributed by atoms with Crippen LogP contribution in [0.2, 0.25) is 0 Å². The highest BCUT2D eigenvalue weighted by molar-refractivity contribution is 5.69. The minimum atomic E-state index is -0.414. The lowest BCUT2D eigenvalue weighted by atomic mass is 9.96. The van der Waals surface area contributed by atoms with Crippen LogP contribution < -0.4 is 0 Å². The summed E-state index contributed by atoms with van der Waals surface area (Å²) in [4.78, 5) is 23.1. The van der Waals surface area contributed by atoms with E-state index in [1.165, 1.54) is 6.92 Å². The number of hydrogen-bond acceptors (Lipinski definition) is 5. The van der Waals surface area contributed by atoms with E-state index in [1.54, 1.807) is 7.11 Å². The predicted octanol–water partition coefficient (Wildman–Crippen LogP) is 3.19. The number of carbonyl (C=O) groups is 2. The van der Waals surface area contributed by atoms with E-state index in [-0.39, 0.29) is 30.6 Å². The zero-order chi connectivity index (χ0) is 17.2. The van der Waals surface area contributed by atoms with Gasteiger partial charge in [0.25, 0.3) is 0 Å². The Hall–Kier alpha value is -1.62. The summed E-state index contributed by atoms with van der Waals surface area (Å²) in [5.74, 6) is -0.566. The molecular formula is C18H28O5. The molecule has 0 radical (unpaired) electrons. The van der Waals surface area contributed by atoms with Gasteiger partial charge in [-0.3, -0.25) is 9.59 Å². The number of hydrogen-bond donors (Lipinski definition) is 0. The molecule has 0 saturated carbocycles. The molecule has 1 heterocycles. The number of cyclic esters (lactones) is 1. The molecular weight excluding hydrogens is 296 g/mol. The van der Waals surface area contributed by atoms with Gasteiger partial charge in [0.05, 0.1) is 0 Å². The fourth-order valence-electron chi connectivity index (χ4n) is 2.61. The maximum atomic E-state index is 11.6. The first kappa shape index (κ1) is 19.4. The van der Waals surface area contributed by atoms with Gasteiger partial charge in [-0.25, -0.2) is 0 Å². The van der Waals surface area contributed by atoms with Crippen molar-refractivity contribution in [2.75, 3.05) is 13.7 Å². The molecule has 0 bridgehead atoms. The van der Waals surface area contributed by atoms with E-state index in [1.807, 2.05) is 32.1 Å². The third-order valence-corrected chi connectivity index (χ3v) is 3.75. The van der Waals surface area contributed by atoms with Crippen LogP contribution in [0.4, 0.5) is 0 Å². The molecule has 3 atom stereocenters. The molecule has 0 aliphatic carbocycles. The molecule has 1 rings (SSSR count). The van der Waals surface area contributed by atoms with Gasteiger partial charge in [0, 0.05) is 26.4 Å². The Bertz CT molecular complexity index is 452. The van der Waals surface area contributed by atoms with Crippen molar-refractivity contribution in [3.63, 3.8) is 0 Å². The Morgan fingerprint density at radius 3 is 2.74 bits per heavy atom. The Morgan fingerprint density at radius 2 is 2.09 bits per heavy atom. The average Bonchev–Trinajstić information content (AvgIpc) is 2.49. The summed E-state index contributed by atoms with van der Waals surface area (Å²) in [6.45, 7) is 5.53. The highest BCUT2D eigenvalue weighted by Crippen LogP contribution is 2.20. The van der Waals surface area contributed by atoms with Crippen molar-refractivity contribution in [3.05, 3.63) is 23.8 Å². The van der Waals surface area contributed by atoms with Gasteiger partial charge >= 0.3 is 11.9 Å². The molecule has 5 heteroatoms. The first-order chi connectivity index (χ1) is 10.9. The fourth-order valence-corrected chi connectivity index (χ4v) is 2.61. The van der Waals surface area contributed by atoms with Gasteiger partial charge < -0.3 is 14.2 Å². The van der Waals surface area contributed by atoms with Gasteiger partial charge in [0.1, 0.15) is 18.8 Å². The van der Waals surface area contributed by atoms with Gasteiger partial charge in [-0.1, -0.05) is 25.2 Å². The van der Waals surface area contributed by atoms with Gasteiger partial charge in [-0.2, -0.15) is 0 Å². The third-order valence-electron chi connectivity index (χ3n) is 3.75. The SMILES string of the molecule is CO[C@H]1C=CCCCCC(=O)OCC(C)=CC(C)[C@@H]1OC(C)=O. The standard InChI is InChI=1S/C18H28O5/c1-13-11-14(2)18(23-15(3)19)16(21-4)9-7-5-6-8-10-17(20)22-12-13/h7,9,11,14,16,18H,5-6,8,10,12H2,1-4H3/t14?,16-,18-/m0/s1. The normalized spacial score (nSPS) is 27.6. The molecule has 1 aliphatic heterocycles. The summed E-state index contributed by atoms with van der Waals surface area (Å²) in [6.07, 6.45) is 8.21. The molecule has 0 aromatic rings. The van der Waals surface area contributed by atoms with E-state index in [9.17, 15) is 9.59 Å². The molecule has 0 fully saturated rings. The summed E-state index contributed by atoms with van der Waals surface area (Å²) in [5, 5.41) is 0. The van der Waals surface area contributed by atoms with Crippen LogP contribution in [-0.4, -0.2) is 37.9 Å². The van der Waals surface area contributed by atoms with Crippen LogP contribution in [0.25, 0.3) is 0 Å². The molecule has 130 valence electrons. The Morgan fingerprint density at radius 1 is 1.35 bits per heavy atom. The molecule has 0 N–H and O–H groups in total. The zero-order valence-corrected chi connectivity index (χ0v) is 14.5. The molecule has 1 aliphatic rings. The number of rotatable bonds is 2. The Kier molecular flexibility index (Phi) is 8.62. The average molecular weight is 324 g/mol. The van der Waals surface area contributed by atoms with Crippen LogP contribution in [0.15, 0.2) is 23.8 Å². The molecule has 23 heavy (non-hydrogen) atoms. The van der Waals surface area contributed by atoms with Crippen LogP contribution in [0.5, 0.6) is 0 Å². The van der Waals surface area contributed by atoms with Crippen molar-refractivity contribution >= 4 is 11.9 Å². The third kappa shape index (κ3) is 7.46. The van der Waals surface area contributed by atoms with Crippen LogP contribution in [0.3, 0.4) is 0 Å². The summed E-state index contributed by atoms with van der Waals surface area (Å²) in [5.41, 5.74) is 0.930. The lowest BCUT2D eigenvalue weighted by Gasteiger charge is -2.27. The number of esters is 2. The summed E-state index contributed by atoms with van der Waals surface area (Å²) < 4.78 is 16.2. The fraction of sp³-hybridized carbons (Fsp3) is 0.667. The second kappa shape index (κ2) is 10.2. The van der Waals surface area contributed by atoms with Crippen LogP contribution >= 0.6 is 0 Å². The van der Waals surface area contributed by atoms with E-state index in [0.717, 1.165) is 24.8 Å². The van der Waals surface area contributed by atoms with Gasteiger partial charge in [0.2, 0.25) is 0 Å². The quantitative estimate of drug-likeness (QED) is 0.576. The number of carbonyl (C=O) groups excluding carboxylic acids is 2. The van der Waals surface area contributed by atoms with E-state index in [2.05, 4.69) is 0 Å². The van der Waals surface area contributed by atoms with Crippen molar-refractivity contribution < 1.29 is 23.8 Å². The number of ether oxygens (including phenoxy) is 3. The van der Waals surface area contributed by atoms with E-state index in [4.69, 9.17) is 14.2 Å². The lowest BCUT2D eigenvalue weighted by Crippen LogP contribution is -2.36. The van der Waals surface area contributed by atoms with E-state index < -0.39 is 6.10 Å². The summed E-state index contributed by atoms with van der Waals surface area (Å²) >= 11 is 0. The molecule has 0 amide bonds. The van der Waals surface area contributed by atoms with Crippen molar-refractivity contribution in [2.24, 2.45) is 5.92 Å². The molecule has 5 nitrogen and oxygen atoms in total. The van der Waals surface area contributed by atoms with Crippen LogP contribution in [-0.2, 0) is 23.8 Å². The molecule has 0 spiro atoms. The second-order valence-corrected chi connectivity index (χ2v) is 5.98. The van der Waals surface area contributed by atoms with Crippen LogP contribution in [0.1, 0.15) is 46.5 Å². The topological polar surface area (TPSA) is 61.8 Å². The zero-order valence-electron chi connectivity index (χ0n) is 14.5. The largest absolute Gasteiger partial charge is 0.461 e. The predicted molar refractivity (Wildman–Crippen MR) is 87.8 cm³/mol. The van der Waals surface area contributed by atoms with Gasteiger partial charge in [-0.15, -0.1) is 0 Å². The Balaban J connectivity index is 2.97. The molecule has 0 saturated heterocycles. The first-order valence-electron chi connectivity index (χ1n) is 8.13. The van der Waals surface area contributed by atoms with Crippen molar-refractivity contribution in [1.29, 1.82) is 0 Å². The number of allylic oxidation sites excluding steroid dienone is 1. The van der Waals surface area contributed by atoms with E-state index >= 15 is 0 Å². The summed E-state index contributed by atoms with van der Waals surface area (Å²) in [6, 6.07) is 0. The summed E-state index contributed by atoms with van der Waals surface area (Å²) in [7, 11) is 1.61. The van der Waals surface area contributed by atoms with Crippen molar-refractivity contribution in [1.82, 2.24) is 0 Å². The second-order valence-electron chi connectivity index (χ2n) is 5.98. The van der Waals surface area contributed by atoms with E-state index in [0.29, 0.717) is 6.42 Å². The van der Waals surface area contributed by atoms with Crippen molar-refractivity contribution in [2.45, 2.75) is 58.7 Å². The highest BCUT2D eigenvalue weighted by Gasteiger charge is 2.27. The monoisotopic (exact) mass is 324 g/mol. The minimum Gasteiger partial charge on any atom is -0.461 e. The molecule has 1 unspecified atom stereocenters. The lowest BCUT2D eigenvalue weighted by molar-refractivity contribution is -0.154. The van der Waals surface area contributed by atoms with Crippen molar-refractivity contribution in [3.8, 4) is 0 Å². The maximum Gasteiger partial charge on any atom is 0.306 e. The molecule has 0 aromatic carbocycles.